The highest BCUT2D eigenvalue weighted by Crippen LogP contribution is 2.61. The molecule has 7 atom stereocenters. The van der Waals surface area contributed by atoms with Gasteiger partial charge >= 0.3 is 17.9 Å². The average Bonchev–Trinajstić information content (AvgIpc) is 2.99. The van der Waals surface area contributed by atoms with E-state index in [1.807, 2.05) is 6.08 Å². The number of ether oxygens (including phenoxy) is 4. The SMILES string of the molecule is CC(=O)O[C@@H]1O[C@@H](OC(C)=O)[C@H](OC(C)=O)/C1=C/C[C@@]1(C)[C@H](C)CC[C@@]2(C)C(C)=CCC[C@H]12. The first kappa shape index (κ1) is 25.5. The number of fused-ring (bicyclic) bond motifs is 1. The molecule has 0 radical (unpaired) electrons. The minimum atomic E-state index is -1.16. The molecule has 0 aromatic heterocycles. The minimum absolute atomic E-state index is 0.00339. The van der Waals surface area contributed by atoms with Crippen LogP contribution in [0.25, 0.3) is 0 Å². The Morgan fingerprint density at radius 3 is 2.30 bits per heavy atom. The van der Waals surface area contributed by atoms with E-state index in [1.165, 1.54) is 32.8 Å². The van der Waals surface area contributed by atoms with Gasteiger partial charge in [0.2, 0.25) is 12.6 Å². The summed E-state index contributed by atoms with van der Waals surface area (Å²) in [5.74, 6) is -0.652. The van der Waals surface area contributed by atoms with E-state index in [0.29, 0.717) is 23.8 Å². The van der Waals surface area contributed by atoms with Crippen LogP contribution in [0.2, 0.25) is 0 Å². The summed E-state index contributed by atoms with van der Waals surface area (Å²) in [6.45, 7) is 13.1. The molecular weight excluding hydrogens is 424 g/mol. The molecule has 1 saturated carbocycles. The molecule has 3 rings (SSSR count). The van der Waals surface area contributed by atoms with E-state index >= 15 is 0 Å². The number of hydrogen-bond donors (Lipinski definition) is 0. The van der Waals surface area contributed by atoms with Crippen molar-refractivity contribution in [2.45, 2.75) is 99.3 Å². The third-order valence-corrected chi connectivity index (χ3v) is 8.33. The normalized spacial score (nSPS) is 39.4. The Hall–Kier alpha value is -2.15. The average molecular weight is 463 g/mol. The van der Waals surface area contributed by atoms with E-state index in [2.05, 4.69) is 33.8 Å². The van der Waals surface area contributed by atoms with Crippen LogP contribution in [-0.2, 0) is 33.3 Å². The molecule has 0 spiro atoms. The Morgan fingerprint density at radius 2 is 1.70 bits per heavy atom. The molecule has 33 heavy (non-hydrogen) atoms. The van der Waals surface area contributed by atoms with Gasteiger partial charge in [-0.05, 0) is 61.7 Å². The third-order valence-electron chi connectivity index (χ3n) is 8.33. The van der Waals surface area contributed by atoms with Crippen molar-refractivity contribution >= 4 is 17.9 Å². The molecule has 7 heteroatoms. The van der Waals surface area contributed by atoms with Gasteiger partial charge in [0.05, 0.1) is 0 Å². The molecule has 2 fully saturated rings. The second-order valence-corrected chi connectivity index (χ2v) is 10.4. The molecule has 0 N–H and O–H groups in total. The lowest BCUT2D eigenvalue weighted by atomic mass is 9.47. The Bertz CT molecular complexity index is 859. The Labute approximate surface area is 196 Å². The van der Waals surface area contributed by atoms with Crippen LogP contribution >= 0.6 is 0 Å². The van der Waals surface area contributed by atoms with Crippen molar-refractivity contribution in [3.8, 4) is 0 Å². The molecule has 7 nitrogen and oxygen atoms in total. The predicted molar refractivity (Wildman–Crippen MR) is 122 cm³/mol. The smallest absolute Gasteiger partial charge is 0.305 e. The summed E-state index contributed by atoms with van der Waals surface area (Å²) in [5.41, 5.74) is 2.14. The maximum Gasteiger partial charge on any atom is 0.305 e. The standard InChI is InChI=1S/C26H38O7/c1-15-9-8-10-21-25(15,6)13-11-16(2)26(21,7)14-12-20-22(30-17(3)27)24(32-19(5)29)33-23(20)31-18(4)28/h9,12,16,21-24H,8,10-11,13-14H2,1-7H3/b20-12-/t16-,21+,22-,23-,24-,25+,26+/m1/s1. The fraction of sp³-hybridized carbons (Fsp3) is 0.731. The number of carbonyl (C=O) groups is 3. The number of carbonyl (C=O) groups excluding carboxylic acids is 3. The van der Waals surface area contributed by atoms with Crippen LogP contribution in [0, 0.1) is 22.7 Å². The molecule has 0 unspecified atom stereocenters. The summed E-state index contributed by atoms with van der Waals surface area (Å²) in [5, 5.41) is 0. The Morgan fingerprint density at radius 1 is 1.06 bits per heavy atom. The molecule has 2 aliphatic carbocycles. The zero-order valence-electron chi connectivity index (χ0n) is 20.9. The van der Waals surface area contributed by atoms with Crippen LogP contribution in [0.4, 0.5) is 0 Å². The first-order valence-electron chi connectivity index (χ1n) is 11.9. The molecule has 3 aliphatic rings. The molecule has 1 saturated heterocycles. The summed E-state index contributed by atoms with van der Waals surface area (Å²) in [6, 6.07) is 0. The van der Waals surface area contributed by atoms with E-state index < -0.39 is 36.6 Å². The molecular formula is C26H38O7. The molecule has 184 valence electrons. The molecule has 0 aromatic rings. The van der Waals surface area contributed by atoms with Gasteiger partial charge in [0.15, 0.2) is 6.10 Å². The maximum atomic E-state index is 11.8. The lowest BCUT2D eigenvalue weighted by Crippen LogP contribution is -2.49. The van der Waals surface area contributed by atoms with Crippen LogP contribution < -0.4 is 0 Å². The largest absolute Gasteiger partial charge is 0.451 e. The second-order valence-electron chi connectivity index (χ2n) is 10.4. The van der Waals surface area contributed by atoms with Gasteiger partial charge in [0.25, 0.3) is 0 Å². The van der Waals surface area contributed by atoms with Gasteiger partial charge in [-0.2, -0.15) is 0 Å². The molecule has 1 aliphatic heterocycles. The van der Waals surface area contributed by atoms with Crippen molar-refractivity contribution < 1.29 is 33.3 Å². The molecule has 0 amide bonds. The van der Waals surface area contributed by atoms with Gasteiger partial charge < -0.3 is 14.2 Å². The highest BCUT2D eigenvalue weighted by Gasteiger charge is 2.53. The number of allylic oxidation sites excluding steroid dienone is 3. The van der Waals surface area contributed by atoms with E-state index in [-0.39, 0.29) is 10.8 Å². The topological polar surface area (TPSA) is 88.1 Å². The van der Waals surface area contributed by atoms with Crippen LogP contribution in [0.1, 0.15) is 80.6 Å². The van der Waals surface area contributed by atoms with Gasteiger partial charge in [0.1, 0.15) is 0 Å². The van der Waals surface area contributed by atoms with Crippen LogP contribution in [0.15, 0.2) is 23.3 Å². The third kappa shape index (κ3) is 5.03. The van der Waals surface area contributed by atoms with Crippen molar-refractivity contribution in [2.75, 3.05) is 0 Å². The van der Waals surface area contributed by atoms with Gasteiger partial charge in [-0.3, -0.25) is 19.1 Å². The lowest BCUT2D eigenvalue weighted by Gasteiger charge is -2.58. The zero-order valence-corrected chi connectivity index (χ0v) is 20.9. The Kier molecular flexibility index (Phi) is 7.42. The fourth-order valence-corrected chi connectivity index (χ4v) is 6.17. The van der Waals surface area contributed by atoms with Crippen LogP contribution in [0.5, 0.6) is 0 Å². The van der Waals surface area contributed by atoms with Crippen molar-refractivity contribution in [2.24, 2.45) is 22.7 Å². The van der Waals surface area contributed by atoms with Crippen molar-refractivity contribution in [1.29, 1.82) is 0 Å². The number of rotatable bonds is 5. The Balaban J connectivity index is 1.97. The minimum Gasteiger partial charge on any atom is -0.451 e. The van der Waals surface area contributed by atoms with E-state index in [1.54, 1.807) is 0 Å². The quantitative estimate of drug-likeness (QED) is 0.328. The lowest BCUT2D eigenvalue weighted by molar-refractivity contribution is -0.218. The summed E-state index contributed by atoms with van der Waals surface area (Å²) in [4.78, 5) is 35.2. The highest BCUT2D eigenvalue weighted by atomic mass is 16.8. The van der Waals surface area contributed by atoms with Crippen LogP contribution in [0.3, 0.4) is 0 Å². The first-order chi connectivity index (χ1) is 15.4. The van der Waals surface area contributed by atoms with Crippen molar-refractivity contribution in [1.82, 2.24) is 0 Å². The summed E-state index contributed by atoms with van der Waals surface area (Å²) >= 11 is 0. The van der Waals surface area contributed by atoms with Gasteiger partial charge in [-0.15, -0.1) is 0 Å². The van der Waals surface area contributed by atoms with E-state index in [4.69, 9.17) is 18.9 Å². The monoisotopic (exact) mass is 462 g/mol. The van der Waals surface area contributed by atoms with Gasteiger partial charge in [0, 0.05) is 26.3 Å². The van der Waals surface area contributed by atoms with Crippen molar-refractivity contribution in [3.63, 3.8) is 0 Å². The number of hydrogen-bond acceptors (Lipinski definition) is 7. The predicted octanol–water partition coefficient (Wildman–Crippen LogP) is 4.84. The molecule has 0 bridgehead atoms. The highest BCUT2D eigenvalue weighted by molar-refractivity contribution is 5.68. The van der Waals surface area contributed by atoms with Crippen molar-refractivity contribution in [3.05, 3.63) is 23.3 Å². The summed E-state index contributed by atoms with van der Waals surface area (Å²) in [6.07, 6.45) is 6.40. The zero-order chi connectivity index (χ0) is 24.6. The van der Waals surface area contributed by atoms with Gasteiger partial charge in [-0.1, -0.05) is 38.5 Å². The molecule has 0 aromatic carbocycles. The van der Waals surface area contributed by atoms with Gasteiger partial charge in [-0.25, -0.2) is 0 Å². The van der Waals surface area contributed by atoms with E-state index in [9.17, 15) is 14.4 Å². The van der Waals surface area contributed by atoms with E-state index in [0.717, 1.165) is 19.3 Å². The molecule has 1 heterocycles. The summed E-state index contributed by atoms with van der Waals surface area (Å²) < 4.78 is 21.8. The van der Waals surface area contributed by atoms with Crippen LogP contribution in [-0.4, -0.2) is 36.6 Å². The number of esters is 3. The second kappa shape index (κ2) is 9.61. The summed E-state index contributed by atoms with van der Waals surface area (Å²) in [7, 11) is 0. The first-order valence-corrected chi connectivity index (χ1v) is 11.9. The fourth-order valence-electron chi connectivity index (χ4n) is 6.17. The maximum absolute atomic E-state index is 11.8.